The second-order valence-electron chi connectivity index (χ2n) is 5.68. The number of hydrogen-bond donors (Lipinski definition) is 0. The molecule has 0 heterocycles. The minimum absolute atomic E-state index is 0.0143. The highest BCUT2D eigenvalue weighted by molar-refractivity contribution is 7.85. The Hall–Kier alpha value is -0.940. The van der Waals surface area contributed by atoms with Gasteiger partial charge in [-0.05, 0) is 20.8 Å². The summed E-state index contributed by atoms with van der Waals surface area (Å²) in [5, 5.41) is 0. The van der Waals surface area contributed by atoms with Crippen molar-refractivity contribution in [2.75, 3.05) is 59.1 Å². The van der Waals surface area contributed by atoms with Crippen LogP contribution < -0.4 is 0 Å². The molecule has 0 amide bonds. The summed E-state index contributed by atoms with van der Waals surface area (Å²) >= 11 is 0. The first kappa shape index (κ1) is 23.1. The summed E-state index contributed by atoms with van der Waals surface area (Å²) in [6, 6.07) is 0. The van der Waals surface area contributed by atoms with Crippen LogP contribution in [0, 0.1) is 0 Å². The Labute approximate surface area is 143 Å². The van der Waals surface area contributed by atoms with Crippen molar-refractivity contribution >= 4 is 16.3 Å². The maximum absolute atomic E-state index is 11.2. The molecule has 0 aromatic rings. The third-order valence-corrected chi connectivity index (χ3v) is 2.70. The normalized spacial score (nSPS) is 12.2. The second-order valence-corrected chi connectivity index (χ2v) is 7.32. The van der Waals surface area contributed by atoms with Gasteiger partial charge in [0.25, 0.3) is 10.1 Å². The highest BCUT2D eigenvalue weighted by Gasteiger charge is 2.16. The third-order valence-electron chi connectivity index (χ3n) is 2.11. The number of hydrogen-bond acceptors (Lipinski definition) is 9. The molecule has 9 nitrogen and oxygen atoms in total. The lowest BCUT2D eigenvalue weighted by atomic mass is 10.2. The lowest BCUT2D eigenvalue weighted by Gasteiger charge is -2.18. The molecular weight excluding hydrogens is 344 g/mol. The molecule has 0 radical (unpaired) electrons. The van der Waals surface area contributed by atoms with Gasteiger partial charge in [0.1, 0.15) is 12.2 Å². The van der Waals surface area contributed by atoms with E-state index in [1.54, 1.807) is 20.8 Å². The summed E-state index contributed by atoms with van der Waals surface area (Å²) in [5.41, 5.74) is -0.579. The van der Waals surface area contributed by atoms with E-state index in [4.69, 9.17) is 23.7 Å². The highest BCUT2D eigenvalue weighted by atomic mass is 32.2. The molecule has 0 rings (SSSR count). The van der Waals surface area contributed by atoms with E-state index >= 15 is 0 Å². The van der Waals surface area contributed by atoms with E-state index in [9.17, 15) is 13.2 Å². The predicted octanol–water partition coefficient (Wildman–Crippen LogP) is 0.964. The minimum atomic E-state index is -3.42. The van der Waals surface area contributed by atoms with E-state index in [0.717, 1.165) is 6.26 Å². The summed E-state index contributed by atoms with van der Waals surface area (Å²) in [5.74, 6) is 0. The molecule has 0 bridgehead atoms. The molecule has 0 aliphatic rings. The standard InChI is InChI=1S/C14H28O9S/c1-14(2,3)23-13(15)21-11-9-19-7-5-18-6-8-20-10-12-22-24(4,16)17/h5-12H2,1-4H3. The van der Waals surface area contributed by atoms with Crippen LogP contribution in [0.2, 0.25) is 0 Å². The van der Waals surface area contributed by atoms with Gasteiger partial charge in [-0.25, -0.2) is 4.79 Å². The smallest absolute Gasteiger partial charge is 0.432 e. The SMILES string of the molecule is CC(C)(C)OC(=O)OCCOCCOCCOCCOS(C)(=O)=O. The van der Waals surface area contributed by atoms with Gasteiger partial charge in [-0.2, -0.15) is 8.42 Å². The van der Waals surface area contributed by atoms with Crippen LogP contribution in [0.25, 0.3) is 0 Å². The van der Waals surface area contributed by atoms with Crippen molar-refractivity contribution in [1.29, 1.82) is 0 Å². The average molecular weight is 372 g/mol. The Morgan fingerprint density at radius 2 is 1.21 bits per heavy atom. The zero-order valence-corrected chi connectivity index (χ0v) is 15.6. The van der Waals surface area contributed by atoms with Crippen molar-refractivity contribution < 1.29 is 41.1 Å². The summed E-state index contributed by atoms with van der Waals surface area (Å²) in [6.07, 6.45) is 0.258. The predicted molar refractivity (Wildman–Crippen MR) is 85.4 cm³/mol. The molecule has 0 aliphatic heterocycles. The van der Waals surface area contributed by atoms with E-state index in [1.165, 1.54) is 0 Å². The van der Waals surface area contributed by atoms with Crippen LogP contribution in [0.3, 0.4) is 0 Å². The topological polar surface area (TPSA) is 107 Å². The van der Waals surface area contributed by atoms with Crippen molar-refractivity contribution in [3.8, 4) is 0 Å². The van der Waals surface area contributed by atoms with Gasteiger partial charge in [0.05, 0.1) is 52.5 Å². The van der Waals surface area contributed by atoms with E-state index in [2.05, 4.69) is 4.18 Å². The van der Waals surface area contributed by atoms with Crippen molar-refractivity contribution in [2.24, 2.45) is 0 Å². The lowest BCUT2D eigenvalue weighted by molar-refractivity contribution is -0.0265. The average Bonchev–Trinajstić information content (AvgIpc) is 2.40. The monoisotopic (exact) mass is 372 g/mol. The van der Waals surface area contributed by atoms with Crippen LogP contribution in [0.4, 0.5) is 4.79 Å². The fourth-order valence-corrected chi connectivity index (χ4v) is 1.62. The molecule has 144 valence electrons. The first-order chi connectivity index (χ1) is 11.1. The lowest BCUT2D eigenvalue weighted by Crippen LogP contribution is -2.25. The molecule has 0 unspecified atom stereocenters. The van der Waals surface area contributed by atoms with Crippen LogP contribution in [0.15, 0.2) is 0 Å². The Kier molecular flexibility index (Phi) is 11.9. The molecule has 0 spiro atoms. The molecule has 0 aromatic heterocycles. The van der Waals surface area contributed by atoms with Gasteiger partial charge >= 0.3 is 6.16 Å². The minimum Gasteiger partial charge on any atom is -0.432 e. The van der Waals surface area contributed by atoms with Crippen LogP contribution >= 0.6 is 0 Å². The quantitative estimate of drug-likeness (QED) is 0.265. The van der Waals surface area contributed by atoms with Crippen LogP contribution in [-0.2, 0) is 38.0 Å². The zero-order chi connectivity index (χ0) is 18.5. The van der Waals surface area contributed by atoms with E-state index in [0.29, 0.717) is 26.4 Å². The molecule has 10 heteroatoms. The van der Waals surface area contributed by atoms with Crippen LogP contribution in [0.5, 0.6) is 0 Å². The summed E-state index contributed by atoms with van der Waals surface area (Å²) in [7, 11) is -3.42. The molecule has 0 atom stereocenters. The fourth-order valence-electron chi connectivity index (χ4n) is 1.25. The molecule has 0 saturated heterocycles. The van der Waals surface area contributed by atoms with Gasteiger partial charge in [-0.15, -0.1) is 0 Å². The molecule has 0 N–H and O–H groups in total. The van der Waals surface area contributed by atoms with Gasteiger partial charge in [0.2, 0.25) is 0 Å². The maximum atomic E-state index is 11.2. The molecule has 0 fully saturated rings. The van der Waals surface area contributed by atoms with E-state index in [-0.39, 0.29) is 26.4 Å². The highest BCUT2D eigenvalue weighted by Crippen LogP contribution is 2.07. The molecule has 24 heavy (non-hydrogen) atoms. The maximum Gasteiger partial charge on any atom is 0.508 e. The summed E-state index contributed by atoms with van der Waals surface area (Å²) in [6.45, 7) is 7.20. The number of carbonyl (C=O) groups excluding carboxylic acids is 1. The Balaban J connectivity index is 3.25. The van der Waals surface area contributed by atoms with Crippen molar-refractivity contribution in [3.05, 3.63) is 0 Å². The number of rotatable bonds is 13. The first-order valence-electron chi connectivity index (χ1n) is 7.53. The number of ether oxygens (including phenoxy) is 5. The second kappa shape index (κ2) is 12.4. The molecular formula is C14H28O9S. The third kappa shape index (κ3) is 19.1. The van der Waals surface area contributed by atoms with Crippen LogP contribution in [-0.4, -0.2) is 79.3 Å². The van der Waals surface area contributed by atoms with Gasteiger partial charge in [0, 0.05) is 0 Å². The Morgan fingerprint density at radius 3 is 1.62 bits per heavy atom. The van der Waals surface area contributed by atoms with E-state index in [1.807, 2.05) is 0 Å². The summed E-state index contributed by atoms with van der Waals surface area (Å²) in [4.78, 5) is 11.2. The Bertz CT molecular complexity index is 428. The fraction of sp³-hybridized carbons (Fsp3) is 0.929. The molecule has 0 aliphatic carbocycles. The van der Waals surface area contributed by atoms with Crippen molar-refractivity contribution in [1.82, 2.24) is 0 Å². The molecule has 0 aromatic carbocycles. The molecule has 0 saturated carbocycles. The van der Waals surface area contributed by atoms with E-state index < -0.39 is 21.9 Å². The van der Waals surface area contributed by atoms with Gasteiger partial charge in [-0.3, -0.25) is 4.18 Å². The van der Waals surface area contributed by atoms with Gasteiger partial charge in [0.15, 0.2) is 0 Å². The Morgan fingerprint density at radius 1 is 0.792 bits per heavy atom. The number of carbonyl (C=O) groups is 1. The van der Waals surface area contributed by atoms with Gasteiger partial charge < -0.3 is 23.7 Å². The zero-order valence-electron chi connectivity index (χ0n) is 14.7. The van der Waals surface area contributed by atoms with Gasteiger partial charge in [-0.1, -0.05) is 0 Å². The van der Waals surface area contributed by atoms with Crippen LogP contribution in [0.1, 0.15) is 20.8 Å². The summed E-state index contributed by atoms with van der Waals surface area (Å²) < 4.78 is 51.2. The first-order valence-corrected chi connectivity index (χ1v) is 9.35. The van der Waals surface area contributed by atoms with Crippen molar-refractivity contribution in [2.45, 2.75) is 26.4 Å². The largest absolute Gasteiger partial charge is 0.508 e. The van der Waals surface area contributed by atoms with Crippen molar-refractivity contribution in [3.63, 3.8) is 0 Å².